The number of hydrogen-bond acceptors (Lipinski definition) is 6. The quantitative estimate of drug-likeness (QED) is 0.573. The Labute approximate surface area is 177 Å². The number of amides is 2. The average Bonchev–Trinajstić information content (AvgIpc) is 2.96. The SMILES string of the molecule is CC(C)Cn1c(CCC(N)=O)nnc1S[C@@H](C)C(=O)Nc1ncc(Cl)cc1Cl. The van der Waals surface area contributed by atoms with Crippen LogP contribution in [0.4, 0.5) is 5.82 Å². The Hall–Kier alpha value is -1.84. The van der Waals surface area contributed by atoms with Gasteiger partial charge >= 0.3 is 0 Å². The molecule has 2 rings (SSSR count). The number of hydrogen-bond donors (Lipinski definition) is 2. The van der Waals surface area contributed by atoms with Crippen LogP contribution < -0.4 is 11.1 Å². The van der Waals surface area contributed by atoms with Crippen LogP contribution in [0.25, 0.3) is 0 Å². The molecule has 2 aromatic rings. The minimum Gasteiger partial charge on any atom is -0.370 e. The van der Waals surface area contributed by atoms with Crippen molar-refractivity contribution in [1.82, 2.24) is 19.7 Å². The zero-order valence-electron chi connectivity index (χ0n) is 15.8. The minimum absolute atomic E-state index is 0.192. The van der Waals surface area contributed by atoms with Crippen LogP contribution >= 0.6 is 35.0 Å². The highest BCUT2D eigenvalue weighted by Crippen LogP contribution is 2.27. The highest BCUT2D eigenvalue weighted by atomic mass is 35.5. The zero-order chi connectivity index (χ0) is 20.8. The zero-order valence-corrected chi connectivity index (χ0v) is 18.1. The number of carbonyl (C=O) groups excluding carboxylic acids is 2. The van der Waals surface area contributed by atoms with Gasteiger partial charge in [0, 0.05) is 25.6 Å². The van der Waals surface area contributed by atoms with Crippen molar-refractivity contribution in [3.63, 3.8) is 0 Å². The van der Waals surface area contributed by atoms with E-state index >= 15 is 0 Å². The Balaban J connectivity index is 2.11. The van der Waals surface area contributed by atoms with Gasteiger partial charge in [-0.05, 0) is 18.9 Å². The lowest BCUT2D eigenvalue weighted by Gasteiger charge is -2.15. The fraction of sp³-hybridized carbons (Fsp3) is 0.471. The summed E-state index contributed by atoms with van der Waals surface area (Å²) >= 11 is 13.1. The summed E-state index contributed by atoms with van der Waals surface area (Å²) < 4.78 is 1.93. The fourth-order valence-electron chi connectivity index (χ4n) is 2.31. The molecule has 0 unspecified atom stereocenters. The number of carbonyl (C=O) groups is 2. The van der Waals surface area contributed by atoms with Gasteiger partial charge in [-0.15, -0.1) is 10.2 Å². The van der Waals surface area contributed by atoms with Crippen LogP contribution in [-0.4, -0.2) is 36.8 Å². The van der Waals surface area contributed by atoms with Crippen LogP contribution in [-0.2, 0) is 22.6 Å². The summed E-state index contributed by atoms with van der Waals surface area (Å²) in [6, 6.07) is 1.51. The van der Waals surface area contributed by atoms with Crippen LogP contribution in [0.2, 0.25) is 10.0 Å². The van der Waals surface area contributed by atoms with Crippen molar-refractivity contribution >= 4 is 52.6 Å². The lowest BCUT2D eigenvalue weighted by atomic mass is 10.2. The van der Waals surface area contributed by atoms with E-state index in [-0.39, 0.29) is 23.2 Å². The van der Waals surface area contributed by atoms with E-state index in [1.54, 1.807) is 6.92 Å². The summed E-state index contributed by atoms with van der Waals surface area (Å²) in [5.41, 5.74) is 5.23. The smallest absolute Gasteiger partial charge is 0.238 e. The Morgan fingerprint density at radius 1 is 1.29 bits per heavy atom. The molecule has 1 atom stereocenters. The molecular weight excluding hydrogens is 423 g/mol. The molecule has 152 valence electrons. The van der Waals surface area contributed by atoms with Gasteiger partial charge in [-0.3, -0.25) is 9.59 Å². The number of pyridine rings is 1. The molecule has 8 nitrogen and oxygen atoms in total. The van der Waals surface area contributed by atoms with E-state index in [0.29, 0.717) is 34.9 Å². The third-order valence-electron chi connectivity index (χ3n) is 3.64. The van der Waals surface area contributed by atoms with Gasteiger partial charge in [0.2, 0.25) is 11.8 Å². The van der Waals surface area contributed by atoms with Gasteiger partial charge in [-0.2, -0.15) is 0 Å². The van der Waals surface area contributed by atoms with Gasteiger partial charge in [-0.25, -0.2) is 4.98 Å². The maximum absolute atomic E-state index is 12.5. The van der Waals surface area contributed by atoms with Crippen molar-refractivity contribution < 1.29 is 9.59 Å². The second-order valence-corrected chi connectivity index (χ2v) is 8.75. The molecule has 28 heavy (non-hydrogen) atoms. The largest absolute Gasteiger partial charge is 0.370 e. The van der Waals surface area contributed by atoms with Crippen molar-refractivity contribution in [2.24, 2.45) is 11.7 Å². The molecule has 0 aromatic carbocycles. The van der Waals surface area contributed by atoms with Crippen LogP contribution in [0.15, 0.2) is 17.4 Å². The summed E-state index contributed by atoms with van der Waals surface area (Å²) in [7, 11) is 0. The molecule has 2 aromatic heterocycles. The van der Waals surface area contributed by atoms with E-state index < -0.39 is 11.2 Å². The number of nitrogens with zero attached hydrogens (tertiary/aromatic N) is 4. The van der Waals surface area contributed by atoms with Gasteiger partial charge < -0.3 is 15.6 Å². The van der Waals surface area contributed by atoms with Crippen molar-refractivity contribution in [1.29, 1.82) is 0 Å². The molecule has 0 fully saturated rings. The number of aromatic nitrogens is 4. The normalized spacial score (nSPS) is 12.2. The number of primary amides is 1. The maximum Gasteiger partial charge on any atom is 0.238 e. The van der Waals surface area contributed by atoms with E-state index in [1.165, 1.54) is 24.0 Å². The Kier molecular flexibility index (Phi) is 8.09. The Bertz CT molecular complexity index is 858. The number of nitrogens with two attached hydrogens (primary N) is 1. The molecule has 11 heteroatoms. The summed E-state index contributed by atoms with van der Waals surface area (Å²) in [4.78, 5) is 27.6. The molecule has 0 aliphatic heterocycles. The molecule has 2 heterocycles. The van der Waals surface area contributed by atoms with E-state index in [0.717, 1.165) is 0 Å². The first-order chi connectivity index (χ1) is 13.2. The molecule has 0 saturated carbocycles. The van der Waals surface area contributed by atoms with Gasteiger partial charge in [0.05, 0.1) is 15.3 Å². The van der Waals surface area contributed by atoms with Gasteiger partial charge in [-0.1, -0.05) is 48.8 Å². The highest BCUT2D eigenvalue weighted by molar-refractivity contribution is 8.00. The molecule has 0 spiro atoms. The molecule has 0 bridgehead atoms. The van der Waals surface area contributed by atoms with Crippen molar-refractivity contribution in [3.05, 3.63) is 28.1 Å². The van der Waals surface area contributed by atoms with Crippen molar-refractivity contribution in [2.75, 3.05) is 5.32 Å². The lowest BCUT2D eigenvalue weighted by Crippen LogP contribution is -2.24. The predicted octanol–water partition coefficient (Wildman–Crippen LogP) is 3.17. The second kappa shape index (κ2) is 10.1. The minimum atomic E-state index is -0.479. The van der Waals surface area contributed by atoms with Crippen LogP contribution in [0, 0.1) is 5.92 Å². The number of thioether (sulfide) groups is 1. The van der Waals surface area contributed by atoms with Gasteiger partial charge in [0.1, 0.15) is 5.82 Å². The molecule has 0 radical (unpaired) electrons. The van der Waals surface area contributed by atoms with E-state index in [2.05, 4.69) is 34.3 Å². The van der Waals surface area contributed by atoms with Gasteiger partial charge in [0.25, 0.3) is 0 Å². The monoisotopic (exact) mass is 444 g/mol. The average molecular weight is 445 g/mol. The van der Waals surface area contributed by atoms with Gasteiger partial charge in [0.15, 0.2) is 11.0 Å². The number of rotatable bonds is 9. The molecular formula is C17H22Cl2N6O2S. The standard InChI is InChI=1S/C17H22Cl2N6O2S/c1-9(2)8-25-14(5-4-13(20)26)23-24-17(25)28-10(3)16(27)22-15-12(19)6-11(18)7-21-15/h6-7,9-10H,4-5,8H2,1-3H3,(H2,20,26)(H,21,22,27)/t10-/m0/s1. The van der Waals surface area contributed by atoms with E-state index in [4.69, 9.17) is 28.9 Å². The molecule has 2 amide bonds. The summed E-state index contributed by atoms with van der Waals surface area (Å²) in [5, 5.41) is 11.8. The second-order valence-electron chi connectivity index (χ2n) is 6.60. The predicted molar refractivity (Wildman–Crippen MR) is 111 cm³/mol. The molecule has 0 saturated heterocycles. The Morgan fingerprint density at radius 2 is 2.00 bits per heavy atom. The Morgan fingerprint density at radius 3 is 2.61 bits per heavy atom. The maximum atomic E-state index is 12.5. The number of anilines is 1. The third kappa shape index (κ3) is 6.35. The van der Waals surface area contributed by atoms with E-state index in [9.17, 15) is 9.59 Å². The first-order valence-electron chi connectivity index (χ1n) is 8.66. The molecule has 0 aliphatic carbocycles. The first-order valence-corrected chi connectivity index (χ1v) is 10.3. The topological polar surface area (TPSA) is 116 Å². The fourth-order valence-corrected chi connectivity index (χ4v) is 3.62. The summed E-state index contributed by atoms with van der Waals surface area (Å²) in [5.74, 6) is 0.580. The molecule has 3 N–H and O–H groups in total. The number of nitrogens with one attached hydrogen (secondary N) is 1. The van der Waals surface area contributed by atoms with Crippen molar-refractivity contribution in [3.8, 4) is 0 Å². The number of aryl methyl sites for hydroxylation is 1. The lowest BCUT2D eigenvalue weighted by molar-refractivity contribution is -0.118. The third-order valence-corrected chi connectivity index (χ3v) is 5.21. The van der Waals surface area contributed by atoms with Crippen LogP contribution in [0.5, 0.6) is 0 Å². The summed E-state index contributed by atoms with van der Waals surface area (Å²) in [6.07, 6.45) is 2.00. The van der Waals surface area contributed by atoms with Crippen LogP contribution in [0.1, 0.15) is 33.0 Å². The van der Waals surface area contributed by atoms with Crippen LogP contribution in [0.3, 0.4) is 0 Å². The highest BCUT2D eigenvalue weighted by Gasteiger charge is 2.22. The summed E-state index contributed by atoms with van der Waals surface area (Å²) in [6.45, 7) is 6.55. The number of halogens is 2. The first kappa shape index (κ1) is 22.4. The van der Waals surface area contributed by atoms with Crippen molar-refractivity contribution in [2.45, 2.75) is 50.6 Å². The molecule has 0 aliphatic rings. The van der Waals surface area contributed by atoms with E-state index in [1.807, 2.05) is 4.57 Å².